The van der Waals surface area contributed by atoms with E-state index in [9.17, 15) is 19.7 Å². The van der Waals surface area contributed by atoms with Gasteiger partial charge in [-0.15, -0.1) is 0 Å². The average Bonchev–Trinajstić information content (AvgIpc) is 3.36. The van der Waals surface area contributed by atoms with E-state index >= 15 is 0 Å². The molecule has 0 aliphatic rings. The maximum atomic E-state index is 12.2. The molecule has 0 aliphatic carbocycles. The fourth-order valence-corrected chi connectivity index (χ4v) is 3.12. The van der Waals surface area contributed by atoms with Crippen LogP contribution in [0, 0.1) is 24.0 Å². The predicted molar refractivity (Wildman–Crippen MR) is 117 cm³/mol. The molecule has 0 spiro atoms. The average molecular weight is 522 g/mol. The molecular weight excluding hydrogens is 502 g/mol. The van der Waals surface area contributed by atoms with Crippen LogP contribution < -0.4 is 15.4 Å². The number of benzene rings is 1. The Morgan fingerprint density at radius 3 is 2.67 bits per heavy atom. The van der Waals surface area contributed by atoms with Gasteiger partial charge in [0.15, 0.2) is 12.4 Å². The van der Waals surface area contributed by atoms with Crippen LogP contribution in [0.5, 0.6) is 5.75 Å². The van der Waals surface area contributed by atoms with Crippen molar-refractivity contribution >= 4 is 33.6 Å². The summed E-state index contributed by atoms with van der Waals surface area (Å²) < 4.78 is 12.0. The summed E-state index contributed by atoms with van der Waals surface area (Å²) >= 11 is 3.12. The molecule has 0 saturated heterocycles. The second-order valence-electron chi connectivity index (χ2n) is 6.81. The highest BCUT2D eigenvalue weighted by molar-refractivity contribution is 9.10. The number of hydrogen-bond acceptors (Lipinski definition) is 9. The molecule has 3 rings (SSSR count). The first-order valence-corrected chi connectivity index (χ1v) is 10.5. The van der Waals surface area contributed by atoms with Gasteiger partial charge in [-0.05, 0) is 46.3 Å². The van der Waals surface area contributed by atoms with Crippen LogP contribution in [0.2, 0.25) is 0 Å². The van der Waals surface area contributed by atoms with Crippen molar-refractivity contribution in [1.82, 2.24) is 30.6 Å². The Kier molecular flexibility index (Phi) is 7.71. The number of para-hydroxylation sites is 1. The number of nitrogens with zero attached hydrogens (tertiary/aromatic N) is 5. The Labute approximate surface area is 195 Å². The Hall–Kier alpha value is -3.81. The first-order valence-electron chi connectivity index (χ1n) is 9.69. The molecule has 0 saturated carbocycles. The zero-order chi connectivity index (χ0) is 24.0. The fraction of sp³-hybridized carbons (Fsp3) is 0.316. The second-order valence-corrected chi connectivity index (χ2v) is 7.61. The van der Waals surface area contributed by atoms with Gasteiger partial charge in [0.2, 0.25) is 0 Å². The van der Waals surface area contributed by atoms with E-state index in [2.05, 4.69) is 41.8 Å². The van der Waals surface area contributed by atoms with E-state index in [0.717, 1.165) is 5.56 Å². The molecule has 14 heteroatoms. The van der Waals surface area contributed by atoms with Crippen molar-refractivity contribution in [3.63, 3.8) is 0 Å². The van der Waals surface area contributed by atoms with Crippen LogP contribution >= 0.6 is 15.9 Å². The lowest BCUT2D eigenvalue weighted by molar-refractivity contribution is -0.390. The van der Waals surface area contributed by atoms with Gasteiger partial charge < -0.3 is 30.0 Å². The minimum absolute atomic E-state index is 0.0218. The number of ether oxygens (including phenoxy) is 1. The van der Waals surface area contributed by atoms with Gasteiger partial charge in [-0.2, -0.15) is 9.67 Å². The lowest BCUT2D eigenvalue weighted by atomic mass is 10.2. The summed E-state index contributed by atoms with van der Waals surface area (Å²) in [5, 5.41) is 23.7. The number of rotatable bonds is 10. The van der Waals surface area contributed by atoms with Crippen molar-refractivity contribution in [3.05, 3.63) is 61.8 Å². The molecule has 0 atom stereocenters. The summed E-state index contributed by atoms with van der Waals surface area (Å²) in [5.41, 5.74) is 1.42. The summed E-state index contributed by atoms with van der Waals surface area (Å²) in [4.78, 5) is 38.4. The van der Waals surface area contributed by atoms with Gasteiger partial charge in [0, 0.05) is 13.1 Å². The van der Waals surface area contributed by atoms with Crippen molar-refractivity contribution in [3.8, 4) is 5.75 Å². The number of nitro groups is 1. The van der Waals surface area contributed by atoms with Crippen LogP contribution in [-0.4, -0.2) is 56.4 Å². The molecule has 0 aliphatic heterocycles. The van der Waals surface area contributed by atoms with E-state index in [1.54, 1.807) is 13.0 Å². The molecule has 2 aromatic heterocycles. The Balaban J connectivity index is 1.43. The summed E-state index contributed by atoms with van der Waals surface area (Å²) in [6.45, 7) is 3.65. The molecule has 0 unspecified atom stereocenters. The van der Waals surface area contributed by atoms with Gasteiger partial charge in [-0.1, -0.05) is 23.4 Å². The second kappa shape index (κ2) is 10.7. The van der Waals surface area contributed by atoms with E-state index in [4.69, 9.17) is 9.26 Å². The third kappa shape index (κ3) is 6.12. The van der Waals surface area contributed by atoms with Gasteiger partial charge >= 0.3 is 17.6 Å². The van der Waals surface area contributed by atoms with Crippen LogP contribution in [0.25, 0.3) is 0 Å². The highest BCUT2D eigenvalue weighted by Crippen LogP contribution is 2.27. The maximum absolute atomic E-state index is 12.2. The SMILES string of the molecule is Cc1ccccc1OCC(=O)NCCNC(=O)c1nc(Cn2nc([N+](=O)[O-])c(Br)c2C)no1. The van der Waals surface area contributed by atoms with Crippen molar-refractivity contribution in [1.29, 1.82) is 0 Å². The topological polar surface area (TPSA) is 167 Å². The molecule has 2 N–H and O–H groups in total. The molecule has 0 fully saturated rings. The van der Waals surface area contributed by atoms with Crippen LogP contribution in [0.3, 0.4) is 0 Å². The van der Waals surface area contributed by atoms with Crippen molar-refractivity contribution < 1.29 is 23.8 Å². The number of aryl methyl sites for hydroxylation is 1. The summed E-state index contributed by atoms with van der Waals surface area (Å²) in [6, 6.07) is 7.35. The zero-order valence-electron chi connectivity index (χ0n) is 17.7. The van der Waals surface area contributed by atoms with Gasteiger partial charge in [-0.25, -0.2) is 0 Å². The third-order valence-corrected chi connectivity index (χ3v) is 5.36. The number of amides is 2. The lowest BCUT2D eigenvalue weighted by Gasteiger charge is -2.09. The molecule has 2 heterocycles. The van der Waals surface area contributed by atoms with Crippen LogP contribution in [0.1, 0.15) is 27.8 Å². The molecule has 1 aromatic carbocycles. The largest absolute Gasteiger partial charge is 0.484 e. The van der Waals surface area contributed by atoms with Gasteiger partial charge in [-0.3, -0.25) is 9.59 Å². The number of carbonyl (C=O) groups is 2. The maximum Gasteiger partial charge on any atom is 0.404 e. The van der Waals surface area contributed by atoms with Crippen LogP contribution in [-0.2, 0) is 11.3 Å². The summed E-state index contributed by atoms with van der Waals surface area (Å²) in [5.74, 6) is -0.820. The smallest absolute Gasteiger partial charge is 0.404 e. The fourth-order valence-electron chi connectivity index (χ4n) is 2.69. The van der Waals surface area contributed by atoms with Crippen molar-refractivity contribution in [2.24, 2.45) is 0 Å². The lowest BCUT2D eigenvalue weighted by Crippen LogP contribution is -2.36. The van der Waals surface area contributed by atoms with E-state index in [1.165, 1.54) is 4.68 Å². The number of nitrogens with one attached hydrogen (secondary N) is 2. The van der Waals surface area contributed by atoms with E-state index in [0.29, 0.717) is 11.4 Å². The Bertz CT molecular complexity index is 1180. The number of carbonyl (C=O) groups excluding carboxylic acids is 2. The van der Waals surface area contributed by atoms with Crippen molar-refractivity contribution in [2.45, 2.75) is 20.4 Å². The van der Waals surface area contributed by atoms with Crippen LogP contribution in [0.4, 0.5) is 5.82 Å². The van der Waals surface area contributed by atoms with Crippen LogP contribution in [0.15, 0.2) is 33.3 Å². The predicted octanol–water partition coefficient (Wildman–Crippen LogP) is 1.53. The molecule has 0 bridgehead atoms. The normalized spacial score (nSPS) is 10.6. The highest BCUT2D eigenvalue weighted by atomic mass is 79.9. The first kappa shape index (κ1) is 23.8. The van der Waals surface area contributed by atoms with Gasteiger partial charge in [0.25, 0.3) is 5.91 Å². The molecule has 33 heavy (non-hydrogen) atoms. The quantitative estimate of drug-likeness (QED) is 0.228. The number of hydrogen-bond donors (Lipinski definition) is 2. The van der Waals surface area contributed by atoms with Crippen molar-refractivity contribution in [2.75, 3.05) is 19.7 Å². The number of halogens is 1. The Morgan fingerprint density at radius 2 is 1.97 bits per heavy atom. The van der Waals surface area contributed by atoms with E-state index in [1.807, 2.05) is 25.1 Å². The molecule has 3 aromatic rings. The summed E-state index contributed by atoms with van der Waals surface area (Å²) in [6.07, 6.45) is 0. The third-order valence-electron chi connectivity index (χ3n) is 4.43. The molecule has 0 radical (unpaired) electrons. The van der Waals surface area contributed by atoms with Gasteiger partial charge in [0.1, 0.15) is 16.8 Å². The van der Waals surface area contributed by atoms with E-state index < -0.39 is 10.8 Å². The monoisotopic (exact) mass is 521 g/mol. The summed E-state index contributed by atoms with van der Waals surface area (Å²) in [7, 11) is 0. The number of aromatic nitrogens is 4. The minimum Gasteiger partial charge on any atom is -0.484 e. The molecule has 174 valence electrons. The molecule has 2 amide bonds. The minimum atomic E-state index is -0.622. The van der Waals surface area contributed by atoms with Gasteiger partial charge in [0.05, 0.1) is 10.8 Å². The molecule has 13 nitrogen and oxygen atoms in total. The van der Waals surface area contributed by atoms with E-state index in [-0.39, 0.29) is 54.2 Å². The first-order chi connectivity index (χ1) is 15.8. The Morgan fingerprint density at radius 1 is 1.24 bits per heavy atom. The highest BCUT2D eigenvalue weighted by Gasteiger charge is 2.25. The molecular formula is C19H20BrN7O6. The zero-order valence-corrected chi connectivity index (χ0v) is 19.3. The standard InChI is InChI=1S/C19H20BrN7O6/c1-11-5-3-4-6-13(11)32-10-15(28)21-7-8-22-18(29)19-23-14(25-33-19)9-26-12(2)16(20)17(24-26)27(30)31/h3-6H,7-10H2,1-2H3,(H,21,28)(H,22,29).